The lowest BCUT2D eigenvalue weighted by atomic mass is 10.1. The Morgan fingerprint density at radius 3 is 2.56 bits per heavy atom. The van der Waals surface area contributed by atoms with Gasteiger partial charge in [-0.05, 0) is 12.0 Å². The van der Waals surface area contributed by atoms with Gasteiger partial charge in [-0.3, -0.25) is 4.79 Å². The zero-order valence-electron chi connectivity index (χ0n) is 9.65. The first-order valence-corrected chi connectivity index (χ1v) is 5.81. The molecule has 87 valence electrons. The summed E-state index contributed by atoms with van der Waals surface area (Å²) >= 11 is 0. The van der Waals surface area contributed by atoms with E-state index in [1.807, 2.05) is 30.3 Å². The maximum Gasteiger partial charge on any atom is 0.306 e. The van der Waals surface area contributed by atoms with Crippen LogP contribution in [-0.2, 0) is 16.1 Å². The second kappa shape index (κ2) is 7.91. The van der Waals surface area contributed by atoms with Crippen molar-refractivity contribution in [3.05, 3.63) is 42.8 Å². The Kier molecular flexibility index (Phi) is 6.31. The maximum atomic E-state index is 11.3. The van der Waals surface area contributed by atoms with Crippen molar-refractivity contribution in [2.24, 2.45) is 0 Å². The number of unbranched alkanes of at least 4 members (excludes halogenated alkanes) is 3. The average Bonchev–Trinajstić information content (AvgIpc) is 2.33. The summed E-state index contributed by atoms with van der Waals surface area (Å²) in [4.78, 5) is 11.3. The third-order valence-electron chi connectivity index (χ3n) is 2.37. The van der Waals surface area contributed by atoms with Gasteiger partial charge in [-0.25, -0.2) is 0 Å². The zero-order valence-corrected chi connectivity index (χ0v) is 9.65. The van der Waals surface area contributed by atoms with Gasteiger partial charge >= 0.3 is 5.97 Å². The first-order chi connectivity index (χ1) is 7.83. The van der Waals surface area contributed by atoms with Crippen molar-refractivity contribution < 1.29 is 9.53 Å². The minimum Gasteiger partial charge on any atom is -0.461 e. The van der Waals surface area contributed by atoms with Crippen molar-refractivity contribution in [1.82, 2.24) is 0 Å². The second-order valence-corrected chi connectivity index (χ2v) is 3.81. The molecular weight excluding hydrogens is 200 g/mol. The van der Waals surface area contributed by atoms with E-state index in [1.165, 1.54) is 0 Å². The molecule has 0 aromatic heterocycles. The summed E-state index contributed by atoms with van der Waals surface area (Å²) in [5.74, 6) is -0.104. The van der Waals surface area contributed by atoms with Crippen LogP contribution in [0.5, 0.6) is 0 Å². The van der Waals surface area contributed by atoms with Crippen molar-refractivity contribution in [2.75, 3.05) is 0 Å². The number of ether oxygens (including phenoxy) is 1. The Morgan fingerprint density at radius 2 is 1.88 bits per heavy atom. The van der Waals surface area contributed by atoms with Gasteiger partial charge < -0.3 is 4.74 Å². The molecule has 0 unspecified atom stereocenters. The SMILES string of the molecule is [CH2]CCCCCC(=O)OCc1ccccc1. The molecule has 1 rings (SSSR count). The topological polar surface area (TPSA) is 26.3 Å². The molecule has 0 fully saturated rings. The summed E-state index contributed by atoms with van der Waals surface area (Å²) in [7, 11) is 0. The van der Waals surface area contributed by atoms with E-state index in [0.717, 1.165) is 31.2 Å². The number of hydrogen-bond donors (Lipinski definition) is 0. The van der Waals surface area contributed by atoms with Gasteiger partial charge in [-0.1, -0.05) is 56.5 Å². The van der Waals surface area contributed by atoms with E-state index in [-0.39, 0.29) is 5.97 Å². The fourth-order valence-electron chi connectivity index (χ4n) is 1.43. The van der Waals surface area contributed by atoms with Crippen LogP contribution in [0.25, 0.3) is 0 Å². The van der Waals surface area contributed by atoms with Crippen LogP contribution in [0, 0.1) is 6.92 Å². The smallest absolute Gasteiger partial charge is 0.306 e. The number of benzene rings is 1. The van der Waals surface area contributed by atoms with Crippen molar-refractivity contribution in [3.63, 3.8) is 0 Å². The van der Waals surface area contributed by atoms with Gasteiger partial charge in [0.15, 0.2) is 0 Å². The molecule has 16 heavy (non-hydrogen) atoms. The molecule has 0 N–H and O–H groups in total. The Labute approximate surface area is 97.6 Å². The first kappa shape index (κ1) is 12.8. The summed E-state index contributed by atoms with van der Waals surface area (Å²) in [6.07, 6.45) is 4.52. The van der Waals surface area contributed by atoms with Crippen LogP contribution in [0.15, 0.2) is 30.3 Å². The fourth-order valence-corrected chi connectivity index (χ4v) is 1.43. The monoisotopic (exact) mass is 219 g/mol. The summed E-state index contributed by atoms with van der Waals surface area (Å²) in [6, 6.07) is 9.74. The van der Waals surface area contributed by atoms with E-state index in [2.05, 4.69) is 6.92 Å². The predicted molar refractivity (Wildman–Crippen MR) is 64.7 cm³/mol. The van der Waals surface area contributed by atoms with E-state index >= 15 is 0 Å². The van der Waals surface area contributed by atoms with Crippen LogP contribution in [-0.4, -0.2) is 5.97 Å². The first-order valence-electron chi connectivity index (χ1n) is 5.81. The average molecular weight is 219 g/mol. The lowest BCUT2D eigenvalue weighted by Gasteiger charge is -2.04. The molecule has 0 amide bonds. The van der Waals surface area contributed by atoms with Gasteiger partial charge in [0.1, 0.15) is 6.61 Å². The Morgan fingerprint density at radius 1 is 1.12 bits per heavy atom. The molecule has 0 atom stereocenters. The van der Waals surface area contributed by atoms with E-state index in [9.17, 15) is 4.79 Å². The van der Waals surface area contributed by atoms with Gasteiger partial charge in [0.2, 0.25) is 0 Å². The molecule has 0 saturated carbocycles. The number of carbonyl (C=O) groups excluding carboxylic acids is 1. The Bertz CT molecular complexity index is 293. The zero-order chi connectivity index (χ0) is 11.6. The molecule has 0 bridgehead atoms. The lowest BCUT2D eigenvalue weighted by molar-refractivity contribution is -0.145. The quantitative estimate of drug-likeness (QED) is 0.518. The number of rotatable bonds is 7. The van der Waals surface area contributed by atoms with E-state index in [1.54, 1.807) is 0 Å². The third-order valence-corrected chi connectivity index (χ3v) is 2.37. The van der Waals surface area contributed by atoms with Crippen LogP contribution in [0.2, 0.25) is 0 Å². The number of hydrogen-bond acceptors (Lipinski definition) is 2. The van der Waals surface area contributed by atoms with Crippen LogP contribution in [0.1, 0.15) is 37.7 Å². The van der Waals surface area contributed by atoms with Gasteiger partial charge in [0, 0.05) is 6.42 Å². The van der Waals surface area contributed by atoms with Crippen molar-refractivity contribution in [2.45, 2.75) is 38.7 Å². The molecule has 0 heterocycles. The minimum absolute atomic E-state index is 0.104. The van der Waals surface area contributed by atoms with Crippen molar-refractivity contribution in [1.29, 1.82) is 0 Å². The highest BCUT2D eigenvalue weighted by molar-refractivity contribution is 5.69. The summed E-state index contributed by atoms with van der Waals surface area (Å²) < 4.78 is 5.15. The molecule has 2 heteroatoms. The third kappa shape index (κ3) is 5.54. The maximum absolute atomic E-state index is 11.3. The standard InChI is InChI=1S/C14H19O2/c1-2-3-4-8-11-14(15)16-12-13-9-6-5-7-10-13/h5-7,9-10H,1-4,8,11-12H2. The fraction of sp³-hybridized carbons (Fsp3) is 0.429. The summed E-state index contributed by atoms with van der Waals surface area (Å²) in [6.45, 7) is 4.15. The molecular formula is C14H19O2. The molecule has 1 radical (unpaired) electrons. The number of esters is 1. The molecule has 0 aliphatic rings. The Balaban J connectivity index is 2.11. The van der Waals surface area contributed by atoms with Crippen LogP contribution < -0.4 is 0 Å². The molecule has 0 spiro atoms. The highest BCUT2D eigenvalue weighted by Crippen LogP contribution is 2.05. The number of carbonyl (C=O) groups is 1. The molecule has 2 nitrogen and oxygen atoms in total. The van der Waals surface area contributed by atoms with Crippen LogP contribution in [0.3, 0.4) is 0 Å². The predicted octanol–water partition coefficient (Wildman–Crippen LogP) is 3.51. The normalized spacial score (nSPS) is 10.1. The molecule has 1 aromatic carbocycles. The van der Waals surface area contributed by atoms with Gasteiger partial charge in [0.05, 0.1) is 0 Å². The minimum atomic E-state index is -0.104. The molecule has 0 aliphatic carbocycles. The van der Waals surface area contributed by atoms with Crippen molar-refractivity contribution >= 4 is 5.97 Å². The molecule has 0 aliphatic heterocycles. The van der Waals surface area contributed by atoms with Gasteiger partial charge in [-0.2, -0.15) is 0 Å². The van der Waals surface area contributed by atoms with Crippen LogP contribution in [0.4, 0.5) is 0 Å². The lowest BCUT2D eigenvalue weighted by Crippen LogP contribution is -2.04. The summed E-state index contributed by atoms with van der Waals surface area (Å²) in [5.41, 5.74) is 1.04. The largest absolute Gasteiger partial charge is 0.461 e. The molecule has 0 saturated heterocycles. The van der Waals surface area contributed by atoms with Crippen LogP contribution >= 0.6 is 0 Å². The second-order valence-electron chi connectivity index (χ2n) is 3.81. The van der Waals surface area contributed by atoms with E-state index in [0.29, 0.717) is 13.0 Å². The van der Waals surface area contributed by atoms with Crippen molar-refractivity contribution in [3.8, 4) is 0 Å². The highest BCUT2D eigenvalue weighted by Gasteiger charge is 2.02. The highest BCUT2D eigenvalue weighted by atomic mass is 16.5. The van der Waals surface area contributed by atoms with E-state index < -0.39 is 0 Å². The molecule has 1 aromatic rings. The van der Waals surface area contributed by atoms with Gasteiger partial charge in [-0.15, -0.1) is 0 Å². The van der Waals surface area contributed by atoms with E-state index in [4.69, 9.17) is 4.74 Å². The Hall–Kier alpha value is -1.31. The van der Waals surface area contributed by atoms with Gasteiger partial charge in [0.25, 0.3) is 0 Å². The summed E-state index contributed by atoms with van der Waals surface area (Å²) in [5, 5.41) is 0.